The number of benzene rings is 1. The van der Waals surface area contributed by atoms with E-state index >= 15 is 0 Å². The van der Waals surface area contributed by atoms with Crippen molar-refractivity contribution >= 4 is 24.5 Å². The van der Waals surface area contributed by atoms with Crippen LogP contribution >= 0.6 is 7.14 Å². The Balaban J connectivity index is 3.21. The summed E-state index contributed by atoms with van der Waals surface area (Å²) in [5.41, 5.74) is 0. The van der Waals surface area contributed by atoms with Crippen LogP contribution in [-0.4, -0.2) is 12.1 Å². The number of hydrogen-bond donors (Lipinski definition) is 0. The Labute approximate surface area is 69.8 Å². The van der Waals surface area contributed by atoms with Crippen LogP contribution in [0.4, 0.5) is 0 Å². The van der Waals surface area contributed by atoms with Crippen molar-refractivity contribution in [3.8, 4) is 0 Å². The Hall–Kier alpha value is -1.21. The van der Waals surface area contributed by atoms with Crippen LogP contribution in [0.25, 0.3) is 0 Å². The second-order valence-electron chi connectivity index (χ2n) is 2.26. The molecule has 0 aliphatic carbocycles. The van der Waals surface area contributed by atoms with Gasteiger partial charge in [-0.3, -0.25) is 9.59 Å². The van der Waals surface area contributed by atoms with Gasteiger partial charge in [0.2, 0.25) is 7.14 Å². The molecule has 0 aliphatic rings. The Morgan fingerprint density at radius 2 is 1.50 bits per heavy atom. The molecule has 0 radical (unpaired) electrons. The van der Waals surface area contributed by atoms with Crippen LogP contribution in [-0.2, 0) is 14.2 Å². The number of hydrogen-bond acceptors (Lipinski definition) is 3. The third-order valence-electron chi connectivity index (χ3n) is 1.47. The highest BCUT2D eigenvalue weighted by atomic mass is 31.2. The van der Waals surface area contributed by atoms with Crippen LogP contribution in [0.15, 0.2) is 30.3 Å². The van der Waals surface area contributed by atoms with Crippen molar-refractivity contribution in [2.45, 2.75) is 0 Å². The zero-order chi connectivity index (χ0) is 9.03. The molecule has 0 amide bonds. The SMILES string of the molecule is O=CP(=O)(C=O)c1ccccc1. The lowest BCUT2D eigenvalue weighted by Gasteiger charge is -2.01. The Bertz CT molecular complexity index is 319. The molecule has 0 fully saturated rings. The Morgan fingerprint density at radius 1 is 1.00 bits per heavy atom. The van der Waals surface area contributed by atoms with E-state index in [-0.39, 0.29) is 17.4 Å². The normalized spacial score (nSPS) is 10.7. The van der Waals surface area contributed by atoms with E-state index in [4.69, 9.17) is 0 Å². The molecule has 3 nitrogen and oxygen atoms in total. The predicted octanol–water partition coefficient (Wildman–Crippen LogP) is 1.06. The quantitative estimate of drug-likeness (QED) is 0.518. The first-order valence-electron chi connectivity index (χ1n) is 3.30. The maximum absolute atomic E-state index is 11.4. The van der Waals surface area contributed by atoms with Crippen molar-refractivity contribution < 1.29 is 14.2 Å². The van der Waals surface area contributed by atoms with Crippen molar-refractivity contribution in [2.24, 2.45) is 0 Å². The summed E-state index contributed by atoms with van der Waals surface area (Å²) in [5, 5.41) is 0.287. The average molecular weight is 182 g/mol. The number of rotatable bonds is 3. The fraction of sp³-hybridized carbons (Fsp3) is 0. The summed E-state index contributed by atoms with van der Waals surface area (Å²) in [6.45, 7) is 0. The highest BCUT2D eigenvalue weighted by Crippen LogP contribution is 2.36. The molecule has 0 aliphatic heterocycles. The van der Waals surface area contributed by atoms with Crippen LogP contribution in [0, 0.1) is 0 Å². The van der Waals surface area contributed by atoms with Crippen molar-refractivity contribution in [1.82, 2.24) is 0 Å². The summed E-state index contributed by atoms with van der Waals surface area (Å²) in [6.07, 6.45) is 0. The summed E-state index contributed by atoms with van der Waals surface area (Å²) in [7, 11) is -3.39. The van der Waals surface area contributed by atoms with Crippen LogP contribution in [0.2, 0.25) is 0 Å². The van der Waals surface area contributed by atoms with Gasteiger partial charge in [0.15, 0.2) is 12.1 Å². The molecule has 0 saturated carbocycles. The molecule has 1 rings (SSSR count). The highest BCUT2D eigenvalue weighted by Gasteiger charge is 2.21. The third-order valence-corrected chi connectivity index (χ3v) is 3.20. The second-order valence-corrected chi connectivity index (χ2v) is 4.61. The lowest BCUT2D eigenvalue weighted by molar-refractivity contribution is 0.548. The van der Waals surface area contributed by atoms with E-state index in [2.05, 4.69) is 0 Å². The zero-order valence-electron chi connectivity index (χ0n) is 6.21. The van der Waals surface area contributed by atoms with Gasteiger partial charge in [-0.2, -0.15) is 0 Å². The summed E-state index contributed by atoms with van der Waals surface area (Å²) in [5.74, 6) is 0. The van der Waals surface area contributed by atoms with Crippen LogP contribution < -0.4 is 5.30 Å². The summed E-state index contributed by atoms with van der Waals surface area (Å²) >= 11 is 0. The van der Waals surface area contributed by atoms with Gasteiger partial charge in [0.25, 0.3) is 0 Å². The van der Waals surface area contributed by atoms with Crippen molar-refractivity contribution in [1.29, 1.82) is 0 Å². The lowest BCUT2D eigenvalue weighted by atomic mass is 10.4. The van der Waals surface area contributed by atoms with E-state index in [0.717, 1.165) is 0 Å². The molecule has 1 aromatic carbocycles. The van der Waals surface area contributed by atoms with Gasteiger partial charge in [-0.05, 0) is 0 Å². The molecule has 0 unspecified atom stereocenters. The molecule has 12 heavy (non-hydrogen) atoms. The van der Waals surface area contributed by atoms with Gasteiger partial charge in [0.05, 0.1) is 0 Å². The van der Waals surface area contributed by atoms with Gasteiger partial charge < -0.3 is 4.57 Å². The van der Waals surface area contributed by atoms with E-state index in [1.807, 2.05) is 0 Å². The minimum atomic E-state index is -3.39. The molecule has 62 valence electrons. The third kappa shape index (κ3) is 1.51. The molecule has 0 atom stereocenters. The van der Waals surface area contributed by atoms with E-state index in [1.165, 1.54) is 12.1 Å². The van der Waals surface area contributed by atoms with Gasteiger partial charge in [0, 0.05) is 5.30 Å². The Morgan fingerprint density at radius 3 is 1.92 bits per heavy atom. The van der Waals surface area contributed by atoms with Gasteiger partial charge >= 0.3 is 0 Å². The van der Waals surface area contributed by atoms with Crippen LogP contribution in [0.3, 0.4) is 0 Å². The first-order valence-corrected chi connectivity index (χ1v) is 5.15. The predicted molar refractivity (Wildman–Crippen MR) is 47.2 cm³/mol. The van der Waals surface area contributed by atoms with Crippen molar-refractivity contribution in [2.75, 3.05) is 0 Å². The average Bonchev–Trinajstić information content (AvgIpc) is 2.18. The van der Waals surface area contributed by atoms with Crippen LogP contribution in [0.5, 0.6) is 0 Å². The van der Waals surface area contributed by atoms with E-state index in [9.17, 15) is 14.2 Å². The summed E-state index contributed by atoms with van der Waals surface area (Å²) < 4.78 is 11.4. The molecule has 0 N–H and O–H groups in total. The molecule has 1 aromatic rings. The van der Waals surface area contributed by atoms with Gasteiger partial charge in [-0.15, -0.1) is 0 Å². The molecule has 0 saturated heterocycles. The van der Waals surface area contributed by atoms with Crippen LogP contribution in [0.1, 0.15) is 0 Å². The first kappa shape index (κ1) is 8.88. The second kappa shape index (κ2) is 3.46. The number of carbonyl (C=O) groups excluding carboxylic acids is 2. The van der Waals surface area contributed by atoms with Gasteiger partial charge in [-0.25, -0.2) is 0 Å². The summed E-state index contributed by atoms with van der Waals surface area (Å²) in [4.78, 5) is 20.7. The minimum Gasteiger partial charge on any atom is -0.303 e. The van der Waals surface area contributed by atoms with E-state index in [1.54, 1.807) is 18.2 Å². The number of carbonyl (C=O) groups is 2. The molecule has 0 spiro atoms. The molecule has 0 aromatic heterocycles. The largest absolute Gasteiger partial charge is 0.303 e. The summed E-state index contributed by atoms with van der Waals surface area (Å²) in [6, 6.07) is 8.44. The molecule has 0 heterocycles. The van der Waals surface area contributed by atoms with Gasteiger partial charge in [-0.1, -0.05) is 30.3 Å². The molecule has 4 heteroatoms. The monoisotopic (exact) mass is 182 g/mol. The topological polar surface area (TPSA) is 51.2 Å². The standard InChI is InChI=1S/C8H7O3P/c9-6-12(11,7-10)8-4-2-1-3-5-8/h1-7H. The molecule has 0 bridgehead atoms. The molecular formula is C8H7O3P. The molecular weight excluding hydrogens is 175 g/mol. The fourth-order valence-electron chi connectivity index (χ4n) is 0.808. The maximum Gasteiger partial charge on any atom is 0.232 e. The minimum absolute atomic E-state index is 0.218. The highest BCUT2D eigenvalue weighted by molar-refractivity contribution is 7.96. The first-order chi connectivity index (χ1) is 5.73. The maximum atomic E-state index is 11.4. The zero-order valence-corrected chi connectivity index (χ0v) is 7.11. The lowest BCUT2D eigenvalue weighted by Crippen LogP contribution is -2.04. The van der Waals surface area contributed by atoms with Gasteiger partial charge in [0.1, 0.15) is 0 Å². The van der Waals surface area contributed by atoms with E-state index < -0.39 is 7.14 Å². The smallest absolute Gasteiger partial charge is 0.232 e. The Kier molecular flexibility index (Phi) is 2.56. The van der Waals surface area contributed by atoms with E-state index in [0.29, 0.717) is 0 Å². The van der Waals surface area contributed by atoms with Crippen molar-refractivity contribution in [3.63, 3.8) is 0 Å². The fourth-order valence-corrected chi connectivity index (χ4v) is 1.74. The van der Waals surface area contributed by atoms with Crippen molar-refractivity contribution in [3.05, 3.63) is 30.3 Å².